The fourth-order valence-electron chi connectivity index (χ4n) is 4.72. The van der Waals surface area contributed by atoms with Crippen LogP contribution in [0.2, 0.25) is 0 Å². The maximum absolute atomic E-state index is 13.4. The molecule has 1 aliphatic rings. The van der Waals surface area contributed by atoms with Gasteiger partial charge in [-0.15, -0.1) is 0 Å². The zero-order chi connectivity index (χ0) is 28.4. The van der Waals surface area contributed by atoms with E-state index in [4.69, 9.17) is 9.47 Å². The number of carbonyl (C=O) groups excluding carboxylic acids is 2. The fourth-order valence-corrected chi connectivity index (χ4v) is 4.72. The Balaban J connectivity index is 2.11. The highest BCUT2D eigenvalue weighted by molar-refractivity contribution is 5.70. The summed E-state index contributed by atoms with van der Waals surface area (Å²) in [5, 5.41) is 0. The van der Waals surface area contributed by atoms with Gasteiger partial charge >= 0.3 is 18.4 Å². The zero-order valence-corrected chi connectivity index (χ0v) is 21.2. The Hall–Kier alpha value is -3.44. The van der Waals surface area contributed by atoms with Gasteiger partial charge < -0.3 is 14.4 Å². The van der Waals surface area contributed by atoms with E-state index in [9.17, 15) is 35.9 Å². The number of nitrogens with zero attached hydrogens (tertiary/aromatic N) is 2. The molecule has 0 aromatic heterocycles. The predicted octanol–water partition coefficient (Wildman–Crippen LogP) is 6.42. The van der Waals surface area contributed by atoms with Crippen LogP contribution in [0.25, 0.3) is 0 Å². The van der Waals surface area contributed by atoms with E-state index in [0.29, 0.717) is 37.1 Å². The average molecular weight is 547 g/mol. The number of halogens is 6. The summed E-state index contributed by atoms with van der Waals surface area (Å²) >= 11 is 0. The van der Waals surface area contributed by atoms with Crippen molar-refractivity contribution in [2.24, 2.45) is 0 Å². The number of aryl methyl sites for hydroxylation is 2. The van der Waals surface area contributed by atoms with Gasteiger partial charge in [-0.2, -0.15) is 26.3 Å². The molecule has 1 heterocycles. The molecule has 1 aliphatic heterocycles. The molecule has 0 radical (unpaired) electrons. The van der Waals surface area contributed by atoms with Crippen molar-refractivity contribution in [1.29, 1.82) is 0 Å². The highest BCUT2D eigenvalue weighted by atomic mass is 19.4. The smallest absolute Gasteiger partial charge is 0.416 e. The highest BCUT2D eigenvalue weighted by Gasteiger charge is 2.39. The van der Waals surface area contributed by atoms with Gasteiger partial charge in [0.15, 0.2) is 0 Å². The monoisotopic (exact) mass is 546 g/mol. The molecule has 0 bridgehead atoms. The second-order valence-electron chi connectivity index (χ2n) is 9.27. The summed E-state index contributed by atoms with van der Waals surface area (Å²) in [5.74, 6) is 0. The van der Waals surface area contributed by atoms with E-state index in [0.717, 1.165) is 28.8 Å². The van der Waals surface area contributed by atoms with Gasteiger partial charge in [0.25, 0.3) is 6.47 Å². The maximum atomic E-state index is 13.4. The number of alkyl halides is 6. The topological polar surface area (TPSA) is 59.1 Å². The molecule has 3 rings (SSSR count). The second-order valence-corrected chi connectivity index (χ2v) is 9.27. The van der Waals surface area contributed by atoms with Crippen molar-refractivity contribution in [2.75, 3.05) is 25.2 Å². The third kappa shape index (κ3) is 6.33. The number of hydrogen-bond acceptors (Lipinski definition) is 5. The number of anilines is 1. The second kappa shape index (κ2) is 11.1. The van der Waals surface area contributed by atoms with E-state index in [2.05, 4.69) is 0 Å². The number of amides is 1. The van der Waals surface area contributed by atoms with Gasteiger partial charge in [-0.25, -0.2) is 4.79 Å². The molecule has 2 unspecified atom stereocenters. The standard InChI is InChI=1S/C26H28F6N2O4/c1-15-7-21-22(8-16(15)2)33(5-6-38-14-35)17(3)9-23(21)34(24(36)37-4)13-18-10-19(25(27,28)29)12-20(11-18)26(30,31)32/h7-8,10-12,14,17,23H,5-6,9,13H2,1-4H3. The lowest BCUT2D eigenvalue weighted by molar-refractivity contribution is -0.143. The summed E-state index contributed by atoms with van der Waals surface area (Å²) < 4.78 is 90.4. The van der Waals surface area contributed by atoms with Crippen LogP contribution in [0.15, 0.2) is 30.3 Å². The van der Waals surface area contributed by atoms with Crippen LogP contribution >= 0.6 is 0 Å². The average Bonchev–Trinajstić information content (AvgIpc) is 2.83. The minimum Gasteiger partial charge on any atom is -0.466 e. The molecule has 1 amide bonds. The van der Waals surface area contributed by atoms with Gasteiger partial charge in [-0.3, -0.25) is 9.69 Å². The Labute approximate surface area is 216 Å². The summed E-state index contributed by atoms with van der Waals surface area (Å²) in [7, 11) is 1.10. The van der Waals surface area contributed by atoms with Crippen LogP contribution in [0, 0.1) is 13.8 Å². The Kier molecular flexibility index (Phi) is 8.52. The first-order chi connectivity index (χ1) is 17.7. The van der Waals surface area contributed by atoms with Crippen LogP contribution in [0.4, 0.5) is 36.8 Å². The molecule has 38 heavy (non-hydrogen) atoms. The van der Waals surface area contributed by atoms with Crippen molar-refractivity contribution in [2.45, 2.75) is 58.2 Å². The van der Waals surface area contributed by atoms with Crippen LogP contribution in [0.5, 0.6) is 0 Å². The van der Waals surface area contributed by atoms with E-state index in [1.165, 1.54) is 0 Å². The number of ether oxygens (including phenoxy) is 2. The molecule has 2 atom stereocenters. The summed E-state index contributed by atoms with van der Waals surface area (Å²) in [6.45, 7) is 5.87. The van der Waals surface area contributed by atoms with Gasteiger partial charge in [0, 0.05) is 18.3 Å². The van der Waals surface area contributed by atoms with E-state index in [-0.39, 0.29) is 24.3 Å². The molecule has 12 heteroatoms. The summed E-state index contributed by atoms with van der Waals surface area (Å²) in [6.07, 6.45) is -10.6. The van der Waals surface area contributed by atoms with Crippen molar-refractivity contribution in [3.8, 4) is 0 Å². The number of hydrogen-bond donors (Lipinski definition) is 0. The van der Waals surface area contributed by atoms with Crippen molar-refractivity contribution in [1.82, 2.24) is 4.90 Å². The molecular weight excluding hydrogens is 518 g/mol. The molecule has 0 fully saturated rings. The Morgan fingerprint density at radius 3 is 2.13 bits per heavy atom. The normalized spacial score (nSPS) is 17.6. The number of benzene rings is 2. The van der Waals surface area contributed by atoms with Crippen LogP contribution < -0.4 is 4.90 Å². The molecule has 0 aliphatic carbocycles. The Morgan fingerprint density at radius 2 is 1.61 bits per heavy atom. The minimum absolute atomic E-state index is 0.0510. The molecule has 2 aromatic rings. The largest absolute Gasteiger partial charge is 0.466 e. The lowest BCUT2D eigenvalue weighted by atomic mass is 9.88. The molecule has 208 valence electrons. The third-order valence-corrected chi connectivity index (χ3v) is 6.71. The van der Waals surface area contributed by atoms with Crippen LogP contribution in [0.1, 0.15) is 52.8 Å². The lowest BCUT2D eigenvalue weighted by Gasteiger charge is -2.44. The number of methoxy groups -OCH3 is 1. The number of carbonyl (C=O) groups is 2. The fraction of sp³-hybridized carbons (Fsp3) is 0.462. The molecule has 0 N–H and O–H groups in total. The van der Waals surface area contributed by atoms with E-state index in [1.54, 1.807) is 0 Å². The van der Waals surface area contributed by atoms with Crippen LogP contribution in [-0.2, 0) is 33.2 Å². The van der Waals surface area contributed by atoms with Gasteiger partial charge in [0.2, 0.25) is 0 Å². The molecule has 6 nitrogen and oxygen atoms in total. The lowest BCUT2D eigenvalue weighted by Crippen LogP contribution is -2.46. The molecule has 0 spiro atoms. The van der Waals surface area contributed by atoms with E-state index >= 15 is 0 Å². The van der Waals surface area contributed by atoms with Crippen molar-refractivity contribution < 1.29 is 45.4 Å². The molecule has 2 aromatic carbocycles. The van der Waals surface area contributed by atoms with Crippen molar-refractivity contribution in [3.63, 3.8) is 0 Å². The first-order valence-corrected chi connectivity index (χ1v) is 11.7. The van der Waals surface area contributed by atoms with Crippen LogP contribution in [-0.4, -0.2) is 43.8 Å². The summed E-state index contributed by atoms with van der Waals surface area (Å²) in [5.41, 5.74) is -0.0518. The Bertz CT molecular complexity index is 1150. The molecule has 0 saturated carbocycles. The van der Waals surface area contributed by atoms with Gasteiger partial charge in [-0.1, -0.05) is 6.07 Å². The van der Waals surface area contributed by atoms with Crippen molar-refractivity contribution in [3.05, 3.63) is 63.7 Å². The predicted molar refractivity (Wildman–Crippen MR) is 126 cm³/mol. The van der Waals surface area contributed by atoms with Gasteiger partial charge in [0.05, 0.1) is 30.8 Å². The van der Waals surface area contributed by atoms with E-state index < -0.39 is 42.2 Å². The first-order valence-electron chi connectivity index (χ1n) is 11.7. The minimum atomic E-state index is -5.02. The zero-order valence-electron chi connectivity index (χ0n) is 21.2. The molecular formula is C26H28F6N2O4. The van der Waals surface area contributed by atoms with Crippen molar-refractivity contribution >= 4 is 18.3 Å². The number of rotatable bonds is 7. The maximum Gasteiger partial charge on any atom is 0.416 e. The SMILES string of the molecule is COC(=O)N(Cc1cc(C(F)(F)F)cc(C(F)(F)F)c1)C1CC(C)N(CCOC=O)c2cc(C)c(C)cc21. The highest BCUT2D eigenvalue weighted by Crippen LogP contribution is 2.43. The first kappa shape index (κ1) is 29.1. The van der Waals surface area contributed by atoms with E-state index in [1.807, 2.05) is 37.8 Å². The van der Waals surface area contributed by atoms with Crippen LogP contribution in [0.3, 0.4) is 0 Å². The third-order valence-electron chi connectivity index (χ3n) is 6.71. The van der Waals surface area contributed by atoms with Gasteiger partial charge in [-0.05, 0) is 73.7 Å². The summed E-state index contributed by atoms with van der Waals surface area (Å²) in [4.78, 5) is 26.7. The summed E-state index contributed by atoms with van der Waals surface area (Å²) in [6, 6.07) is 4.09. The number of fused-ring (bicyclic) bond motifs is 1. The van der Waals surface area contributed by atoms with Gasteiger partial charge in [0.1, 0.15) is 6.61 Å². The Morgan fingerprint density at radius 1 is 1.03 bits per heavy atom. The molecule has 0 saturated heterocycles. The quantitative estimate of drug-likeness (QED) is 0.228.